The van der Waals surface area contributed by atoms with E-state index in [2.05, 4.69) is 10.2 Å². The van der Waals surface area contributed by atoms with Gasteiger partial charge in [0.05, 0.1) is 25.8 Å². The van der Waals surface area contributed by atoms with E-state index in [1.165, 1.54) is 36.8 Å². The van der Waals surface area contributed by atoms with Crippen molar-refractivity contribution < 1.29 is 28.6 Å². The molecule has 0 radical (unpaired) electrons. The fraction of sp³-hybridized carbons (Fsp3) is 0.143. The van der Waals surface area contributed by atoms with Crippen LogP contribution < -0.4 is 14.4 Å². The quantitative estimate of drug-likeness (QED) is 0.368. The van der Waals surface area contributed by atoms with Crippen LogP contribution in [0.4, 0.5) is 9.52 Å². The number of anilines is 1. The second kappa shape index (κ2) is 8.15. The maximum Gasteiger partial charge on any atom is 0.301 e. The minimum atomic E-state index is -1.00. The van der Waals surface area contributed by atoms with Gasteiger partial charge < -0.3 is 14.6 Å². The minimum Gasteiger partial charge on any atom is -0.507 e. The van der Waals surface area contributed by atoms with Gasteiger partial charge in [0.1, 0.15) is 17.1 Å². The van der Waals surface area contributed by atoms with E-state index in [0.717, 1.165) is 23.5 Å². The van der Waals surface area contributed by atoms with Crippen molar-refractivity contribution in [2.45, 2.75) is 6.04 Å². The zero-order valence-corrected chi connectivity index (χ0v) is 17.2. The summed E-state index contributed by atoms with van der Waals surface area (Å²) in [6.45, 7) is 0. The van der Waals surface area contributed by atoms with Crippen molar-refractivity contribution >= 4 is 33.9 Å². The van der Waals surface area contributed by atoms with Gasteiger partial charge in [-0.2, -0.15) is 0 Å². The summed E-state index contributed by atoms with van der Waals surface area (Å²) in [6, 6.07) is 8.86. The maximum atomic E-state index is 13.3. The lowest BCUT2D eigenvalue weighted by molar-refractivity contribution is -0.132. The summed E-state index contributed by atoms with van der Waals surface area (Å²) in [7, 11) is 2.95. The molecule has 1 aliphatic heterocycles. The molecule has 1 atom stereocenters. The van der Waals surface area contributed by atoms with E-state index in [9.17, 15) is 19.1 Å². The van der Waals surface area contributed by atoms with Crippen LogP contribution in [0, 0.1) is 5.82 Å². The molecular weight excluding hydrogens is 425 g/mol. The van der Waals surface area contributed by atoms with Crippen LogP contribution in [-0.4, -0.2) is 41.2 Å². The number of benzene rings is 2. The van der Waals surface area contributed by atoms with Gasteiger partial charge >= 0.3 is 5.91 Å². The van der Waals surface area contributed by atoms with Crippen molar-refractivity contribution in [3.63, 3.8) is 0 Å². The molecule has 0 spiro atoms. The molecule has 1 fully saturated rings. The average Bonchev–Trinajstić information content (AvgIpc) is 3.40. The Labute approximate surface area is 180 Å². The number of aromatic nitrogens is 2. The number of carbonyl (C=O) groups excluding carboxylic acids is 2. The maximum absolute atomic E-state index is 13.3. The number of nitrogens with zero attached hydrogens (tertiary/aromatic N) is 3. The third-order valence-corrected chi connectivity index (χ3v) is 5.53. The van der Waals surface area contributed by atoms with Gasteiger partial charge in [0.2, 0.25) is 5.13 Å². The monoisotopic (exact) mass is 441 g/mol. The molecule has 8 nitrogen and oxygen atoms in total. The van der Waals surface area contributed by atoms with E-state index >= 15 is 0 Å². The number of halogens is 1. The zero-order valence-electron chi connectivity index (χ0n) is 16.4. The molecule has 1 saturated heterocycles. The fourth-order valence-electron chi connectivity index (χ4n) is 3.40. The minimum absolute atomic E-state index is 0.154. The van der Waals surface area contributed by atoms with E-state index < -0.39 is 29.3 Å². The Bertz CT molecular complexity index is 1180. The van der Waals surface area contributed by atoms with Gasteiger partial charge in [0, 0.05) is 5.56 Å². The second-order valence-corrected chi connectivity index (χ2v) is 7.32. The fourth-order valence-corrected chi connectivity index (χ4v) is 3.99. The van der Waals surface area contributed by atoms with Gasteiger partial charge in [-0.25, -0.2) is 4.39 Å². The summed E-state index contributed by atoms with van der Waals surface area (Å²) >= 11 is 1.07. The molecular formula is C21H16FN3O5S. The highest BCUT2D eigenvalue weighted by atomic mass is 32.1. The van der Waals surface area contributed by atoms with Gasteiger partial charge in [-0.3, -0.25) is 14.5 Å². The van der Waals surface area contributed by atoms with E-state index in [4.69, 9.17) is 9.47 Å². The highest BCUT2D eigenvalue weighted by Gasteiger charge is 2.48. The molecule has 0 bridgehead atoms. The number of Topliss-reactive ketones (excluding diaryl/α,β-unsaturated/α-hetero) is 1. The summed E-state index contributed by atoms with van der Waals surface area (Å²) in [5, 5.41) is 18.8. The summed E-state index contributed by atoms with van der Waals surface area (Å²) < 4.78 is 24.0. The number of aliphatic hydroxyl groups is 1. The molecule has 0 saturated carbocycles. The second-order valence-electron chi connectivity index (χ2n) is 6.51. The van der Waals surface area contributed by atoms with Crippen LogP contribution in [0.25, 0.3) is 5.76 Å². The number of ketones is 1. The first-order valence-electron chi connectivity index (χ1n) is 9.01. The predicted molar refractivity (Wildman–Crippen MR) is 111 cm³/mol. The number of hydrogen-bond acceptors (Lipinski definition) is 8. The van der Waals surface area contributed by atoms with Crippen LogP contribution in [0.5, 0.6) is 11.5 Å². The summed E-state index contributed by atoms with van der Waals surface area (Å²) in [5.74, 6) is -1.84. The van der Waals surface area contributed by atoms with Crippen molar-refractivity contribution in [3.8, 4) is 11.5 Å². The summed E-state index contributed by atoms with van der Waals surface area (Å²) in [4.78, 5) is 27.1. The molecule has 31 heavy (non-hydrogen) atoms. The Morgan fingerprint density at radius 3 is 2.42 bits per heavy atom. The first kappa shape index (κ1) is 20.5. The van der Waals surface area contributed by atoms with Crippen LogP contribution in [0.1, 0.15) is 17.2 Å². The largest absolute Gasteiger partial charge is 0.507 e. The van der Waals surface area contributed by atoms with Gasteiger partial charge in [0.25, 0.3) is 5.78 Å². The smallest absolute Gasteiger partial charge is 0.301 e. The van der Waals surface area contributed by atoms with E-state index in [1.54, 1.807) is 18.2 Å². The highest BCUT2D eigenvalue weighted by molar-refractivity contribution is 7.13. The highest BCUT2D eigenvalue weighted by Crippen LogP contribution is 2.44. The van der Waals surface area contributed by atoms with Crippen LogP contribution in [0.3, 0.4) is 0 Å². The standard InChI is InChI=1S/C21H16FN3O5S/c1-29-14-8-5-12(9-15(14)30-2)17-16(18(26)11-3-6-13(22)7-4-11)19(27)20(28)25(17)21-24-23-10-31-21/h3-10,17,26H,1-2H3/b18-16+. The number of hydrogen-bond donors (Lipinski definition) is 1. The Balaban J connectivity index is 1.94. The van der Waals surface area contributed by atoms with E-state index in [0.29, 0.717) is 17.1 Å². The molecule has 1 aromatic heterocycles. The summed E-state index contributed by atoms with van der Waals surface area (Å²) in [6.07, 6.45) is 0. The molecule has 4 rings (SSSR count). The number of rotatable bonds is 5. The molecule has 10 heteroatoms. The Morgan fingerprint density at radius 2 is 1.81 bits per heavy atom. The Kier molecular flexibility index (Phi) is 5.38. The van der Waals surface area contributed by atoms with Crippen molar-refractivity contribution in [2.24, 2.45) is 0 Å². The van der Waals surface area contributed by atoms with Crippen molar-refractivity contribution in [1.82, 2.24) is 10.2 Å². The lowest BCUT2D eigenvalue weighted by Gasteiger charge is -2.23. The van der Waals surface area contributed by atoms with Crippen molar-refractivity contribution in [1.29, 1.82) is 0 Å². The van der Waals surface area contributed by atoms with Crippen LogP contribution in [0.15, 0.2) is 53.5 Å². The first-order valence-corrected chi connectivity index (χ1v) is 9.89. The molecule has 1 N–H and O–H groups in total. The lowest BCUT2D eigenvalue weighted by Crippen LogP contribution is -2.29. The third-order valence-electron chi connectivity index (χ3n) is 4.84. The molecule has 1 unspecified atom stereocenters. The molecule has 2 aromatic carbocycles. The van der Waals surface area contributed by atoms with Gasteiger partial charge in [0.15, 0.2) is 11.5 Å². The molecule has 1 aliphatic rings. The SMILES string of the molecule is COc1ccc(C2/C(=C(\O)c3ccc(F)cc3)C(=O)C(=O)N2c2nncs2)cc1OC. The molecule has 3 aromatic rings. The first-order chi connectivity index (χ1) is 15.0. The summed E-state index contributed by atoms with van der Waals surface area (Å²) in [5.41, 5.74) is 1.96. The molecule has 2 heterocycles. The number of amides is 1. The zero-order chi connectivity index (χ0) is 22.1. The molecule has 0 aliphatic carbocycles. The van der Waals surface area contributed by atoms with Gasteiger partial charge in [-0.15, -0.1) is 10.2 Å². The Hall–Kier alpha value is -3.79. The lowest BCUT2D eigenvalue weighted by atomic mass is 9.95. The van der Waals surface area contributed by atoms with Crippen LogP contribution in [-0.2, 0) is 9.59 Å². The third kappa shape index (κ3) is 3.50. The van der Waals surface area contributed by atoms with Gasteiger partial charge in [-0.05, 0) is 42.0 Å². The van der Waals surface area contributed by atoms with Crippen molar-refractivity contribution in [3.05, 3.63) is 70.5 Å². The van der Waals surface area contributed by atoms with Crippen molar-refractivity contribution in [2.75, 3.05) is 19.1 Å². The average molecular weight is 441 g/mol. The predicted octanol–water partition coefficient (Wildman–Crippen LogP) is 3.32. The number of aliphatic hydroxyl groups excluding tert-OH is 1. The molecule has 158 valence electrons. The Morgan fingerprint density at radius 1 is 1.10 bits per heavy atom. The van der Waals surface area contributed by atoms with Gasteiger partial charge in [-0.1, -0.05) is 17.4 Å². The number of methoxy groups -OCH3 is 2. The topological polar surface area (TPSA) is 102 Å². The van der Waals surface area contributed by atoms with E-state index in [1.807, 2.05) is 0 Å². The van der Waals surface area contributed by atoms with Crippen LogP contribution >= 0.6 is 11.3 Å². The number of carbonyl (C=O) groups is 2. The molecule has 1 amide bonds. The van der Waals surface area contributed by atoms with Crippen LogP contribution in [0.2, 0.25) is 0 Å². The normalized spacial score (nSPS) is 17.8. The van der Waals surface area contributed by atoms with E-state index in [-0.39, 0.29) is 16.3 Å². The number of ether oxygens (including phenoxy) is 2.